The molecule has 3 fully saturated rings. The second-order valence-electron chi connectivity index (χ2n) is 12.1. The zero-order valence-electron chi connectivity index (χ0n) is 19.8. The van der Waals surface area contributed by atoms with Crippen LogP contribution in [0.4, 0.5) is 0 Å². The highest BCUT2D eigenvalue weighted by molar-refractivity contribution is 5.25. The molecule has 1 N–H and O–H groups in total. The lowest BCUT2D eigenvalue weighted by molar-refractivity contribution is -0.0291. The summed E-state index contributed by atoms with van der Waals surface area (Å²) in [6, 6.07) is 0. The molecule has 0 aromatic heterocycles. The third-order valence-corrected chi connectivity index (χ3v) is 10.8. The van der Waals surface area contributed by atoms with Crippen LogP contribution in [0.3, 0.4) is 0 Å². The van der Waals surface area contributed by atoms with E-state index in [2.05, 4.69) is 46.4 Å². The van der Waals surface area contributed by atoms with Crippen LogP contribution < -0.4 is 0 Å². The predicted octanol–water partition coefficient (Wildman–Crippen LogP) is 7.40. The van der Waals surface area contributed by atoms with Crippen molar-refractivity contribution in [2.75, 3.05) is 6.61 Å². The van der Waals surface area contributed by atoms with Gasteiger partial charge in [0.1, 0.15) is 0 Å². The average Bonchev–Trinajstić information content (AvgIpc) is 3.08. The Morgan fingerprint density at radius 1 is 1.00 bits per heavy atom. The maximum Gasteiger partial charge on any atom is 0.0459 e. The van der Waals surface area contributed by atoms with Crippen molar-refractivity contribution in [3.05, 3.63) is 17.4 Å². The Hall–Kier alpha value is -0.520. The molecule has 0 aromatic rings. The summed E-state index contributed by atoms with van der Waals surface area (Å²) in [5.74, 6) is 5.34. The average molecular weight is 399 g/mol. The molecule has 0 bridgehead atoms. The fraction of sp³-hybridized carbons (Fsp3) is 0.893. The van der Waals surface area contributed by atoms with Gasteiger partial charge in [-0.1, -0.05) is 53.9 Å². The monoisotopic (exact) mass is 398 g/mol. The fourth-order valence-corrected chi connectivity index (χ4v) is 8.41. The van der Waals surface area contributed by atoms with Crippen molar-refractivity contribution < 1.29 is 5.11 Å². The summed E-state index contributed by atoms with van der Waals surface area (Å²) in [7, 11) is 0. The van der Waals surface area contributed by atoms with Crippen molar-refractivity contribution in [1.82, 2.24) is 0 Å². The van der Waals surface area contributed by atoms with Gasteiger partial charge in [-0.2, -0.15) is 0 Å². The molecule has 164 valence electrons. The van der Waals surface area contributed by atoms with Crippen LogP contribution in [0, 0.1) is 52.3 Å². The lowest BCUT2D eigenvalue weighted by Gasteiger charge is -2.56. The fourth-order valence-electron chi connectivity index (χ4n) is 8.41. The second kappa shape index (κ2) is 8.20. The molecule has 0 aromatic carbocycles. The Labute approximate surface area is 180 Å². The minimum Gasteiger partial charge on any atom is -0.396 e. The summed E-state index contributed by atoms with van der Waals surface area (Å²) in [6.07, 6.45) is 16.5. The van der Waals surface area contributed by atoms with Crippen molar-refractivity contribution in [3.8, 4) is 0 Å². The molecule has 1 nitrogen and oxygen atoms in total. The molecule has 0 saturated heterocycles. The van der Waals surface area contributed by atoms with Crippen LogP contribution >= 0.6 is 0 Å². The maximum absolute atomic E-state index is 9.48. The molecular weight excluding hydrogens is 352 g/mol. The molecule has 3 saturated carbocycles. The first kappa shape index (κ1) is 21.7. The van der Waals surface area contributed by atoms with E-state index < -0.39 is 0 Å². The van der Waals surface area contributed by atoms with Crippen LogP contribution in [-0.2, 0) is 0 Å². The number of aliphatic hydroxyl groups excluding tert-OH is 1. The van der Waals surface area contributed by atoms with Gasteiger partial charge in [-0.25, -0.2) is 0 Å². The van der Waals surface area contributed by atoms with E-state index in [1.165, 1.54) is 64.2 Å². The van der Waals surface area contributed by atoms with Gasteiger partial charge in [-0.05, 0) is 109 Å². The largest absolute Gasteiger partial charge is 0.396 e. The topological polar surface area (TPSA) is 20.2 Å². The van der Waals surface area contributed by atoms with E-state index >= 15 is 0 Å². The van der Waals surface area contributed by atoms with Crippen molar-refractivity contribution >= 4 is 0 Å². The second-order valence-corrected chi connectivity index (χ2v) is 12.1. The number of fused-ring (bicyclic) bond motifs is 5. The summed E-state index contributed by atoms with van der Waals surface area (Å²) in [6.45, 7) is 12.7. The van der Waals surface area contributed by atoms with Crippen LogP contribution in [0.15, 0.2) is 17.4 Å². The first-order valence-electron chi connectivity index (χ1n) is 12.9. The summed E-state index contributed by atoms with van der Waals surface area (Å²) in [4.78, 5) is 0. The highest BCUT2D eigenvalue weighted by Crippen LogP contribution is 2.66. The van der Waals surface area contributed by atoms with Gasteiger partial charge < -0.3 is 5.11 Å². The molecule has 9 atom stereocenters. The van der Waals surface area contributed by atoms with Gasteiger partial charge in [0.05, 0.1) is 0 Å². The number of allylic oxidation sites excluding steroid dienone is 1. The van der Waals surface area contributed by atoms with Gasteiger partial charge >= 0.3 is 0 Å². The normalized spacial score (nSPS) is 44.3. The lowest BCUT2D eigenvalue weighted by Crippen LogP contribution is -2.48. The number of rotatable bonds is 6. The Bertz CT molecular complexity index is 657. The van der Waals surface area contributed by atoms with Gasteiger partial charge in [0.15, 0.2) is 0 Å². The molecule has 0 heterocycles. The van der Waals surface area contributed by atoms with E-state index in [1.807, 2.05) is 0 Å². The van der Waals surface area contributed by atoms with E-state index in [0.717, 1.165) is 29.6 Å². The van der Waals surface area contributed by atoms with Crippen LogP contribution in [0.25, 0.3) is 0 Å². The van der Waals surface area contributed by atoms with Crippen molar-refractivity contribution in [1.29, 1.82) is 0 Å². The van der Waals surface area contributed by atoms with Crippen molar-refractivity contribution in [2.24, 2.45) is 52.3 Å². The lowest BCUT2D eigenvalue weighted by atomic mass is 9.48. The minimum absolute atomic E-state index is 0.336. The summed E-state index contributed by atoms with van der Waals surface area (Å²) >= 11 is 0. The first-order chi connectivity index (χ1) is 13.8. The maximum atomic E-state index is 9.48. The van der Waals surface area contributed by atoms with Crippen molar-refractivity contribution in [2.45, 2.75) is 98.8 Å². The first-order valence-corrected chi connectivity index (χ1v) is 12.9. The summed E-state index contributed by atoms with van der Waals surface area (Å²) in [5.41, 5.74) is 6.52. The molecule has 0 radical (unpaired) electrons. The zero-order chi connectivity index (χ0) is 20.8. The highest BCUT2D eigenvalue weighted by Gasteiger charge is 2.58. The molecule has 1 heteroatoms. The summed E-state index contributed by atoms with van der Waals surface area (Å²) in [5, 5.41) is 9.48. The van der Waals surface area contributed by atoms with Gasteiger partial charge in [0.2, 0.25) is 0 Å². The smallest absolute Gasteiger partial charge is 0.0459 e. The Kier molecular flexibility index (Phi) is 6.14. The van der Waals surface area contributed by atoms with Gasteiger partial charge in [-0.3, -0.25) is 0 Å². The summed E-state index contributed by atoms with van der Waals surface area (Å²) < 4.78 is 0. The van der Waals surface area contributed by atoms with E-state index in [4.69, 9.17) is 0 Å². The third-order valence-electron chi connectivity index (χ3n) is 10.8. The van der Waals surface area contributed by atoms with Crippen LogP contribution in [-0.4, -0.2) is 11.7 Å². The molecule has 4 aliphatic rings. The zero-order valence-corrected chi connectivity index (χ0v) is 19.8. The minimum atomic E-state index is 0.336. The highest BCUT2D eigenvalue weighted by atomic mass is 16.3. The molecule has 4 rings (SSSR count). The molecule has 0 spiro atoms. The van der Waals surface area contributed by atoms with Gasteiger partial charge in [0.25, 0.3) is 0 Å². The van der Waals surface area contributed by atoms with E-state index in [-0.39, 0.29) is 0 Å². The third kappa shape index (κ3) is 3.59. The molecule has 2 unspecified atom stereocenters. The number of aliphatic hydroxyl groups is 1. The predicted molar refractivity (Wildman–Crippen MR) is 123 cm³/mol. The van der Waals surface area contributed by atoms with E-state index in [9.17, 15) is 5.11 Å². The standard InChI is InChI=1S/C28H46O/c1-19(21(3)18-29)9-10-20(2)24-13-14-25-23-12-11-22-8-6-7-16-27(22,4)26(23)15-17-28(24,25)5/h12,19-21,23-26,29H,6-10,13-18H2,1-5H3/t19?,20-,21?,23+,24-,25+,26+,27+,28-/m1/s1. The Morgan fingerprint density at radius 3 is 2.55 bits per heavy atom. The van der Waals surface area contributed by atoms with Crippen LogP contribution in [0.5, 0.6) is 0 Å². The van der Waals surface area contributed by atoms with E-state index in [0.29, 0.717) is 29.3 Å². The van der Waals surface area contributed by atoms with E-state index in [1.54, 1.807) is 5.57 Å². The van der Waals surface area contributed by atoms with Gasteiger partial charge in [0, 0.05) is 6.61 Å². The number of hydrogen-bond donors (Lipinski definition) is 1. The SMILES string of the molecule is CC(CO)C(C)CC[C@@H](C)[C@H]1CC[C@H]2[C@@H]3C=C=C4CCCC[C@]4(C)[C@H]3CC[C@]12C. The Balaban J connectivity index is 1.48. The van der Waals surface area contributed by atoms with Crippen molar-refractivity contribution in [3.63, 3.8) is 0 Å². The molecule has 0 amide bonds. The van der Waals surface area contributed by atoms with Crippen LogP contribution in [0.2, 0.25) is 0 Å². The molecule has 29 heavy (non-hydrogen) atoms. The van der Waals surface area contributed by atoms with Gasteiger partial charge in [-0.15, -0.1) is 5.73 Å². The molecule has 0 aliphatic heterocycles. The quantitative estimate of drug-likeness (QED) is 0.462. The van der Waals surface area contributed by atoms with Crippen LogP contribution in [0.1, 0.15) is 98.8 Å². The molecular formula is C28H46O. The Morgan fingerprint density at radius 2 is 1.79 bits per heavy atom. The molecule has 4 aliphatic carbocycles. The number of hydrogen-bond acceptors (Lipinski definition) is 1.